The van der Waals surface area contributed by atoms with Crippen molar-refractivity contribution >= 4 is 11.5 Å². The van der Waals surface area contributed by atoms with Gasteiger partial charge in [-0.25, -0.2) is 0 Å². The van der Waals surface area contributed by atoms with Crippen LogP contribution in [-0.2, 0) is 6.42 Å². The molecule has 1 aromatic rings. The van der Waals surface area contributed by atoms with Gasteiger partial charge in [0.05, 0.1) is 7.11 Å². The van der Waals surface area contributed by atoms with Crippen LogP contribution in [0.4, 0.5) is 0 Å². The number of ether oxygens (including phenoxy) is 1. The van der Waals surface area contributed by atoms with E-state index in [0.29, 0.717) is 12.3 Å². The molecule has 0 aliphatic carbocycles. The van der Waals surface area contributed by atoms with Crippen molar-refractivity contribution in [3.63, 3.8) is 0 Å². The number of hydrogen-bond donors (Lipinski definition) is 1. The first-order valence-electron chi connectivity index (χ1n) is 2.97. The van der Waals surface area contributed by atoms with Crippen molar-refractivity contribution in [1.29, 1.82) is 0 Å². The van der Waals surface area contributed by atoms with E-state index in [2.05, 4.69) is 4.37 Å². The SMILES string of the molecule is COc1cc(CCO)sn1. The normalized spacial score (nSPS) is 9.80. The van der Waals surface area contributed by atoms with Gasteiger partial charge >= 0.3 is 0 Å². The second-order valence-electron chi connectivity index (χ2n) is 1.81. The first-order valence-corrected chi connectivity index (χ1v) is 3.74. The number of aliphatic hydroxyl groups is 1. The summed E-state index contributed by atoms with van der Waals surface area (Å²) in [5, 5.41) is 8.54. The molecule has 1 heterocycles. The van der Waals surface area contributed by atoms with E-state index in [4.69, 9.17) is 9.84 Å². The lowest BCUT2D eigenvalue weighted by Gasteiger charge is -1.87. The predicted octanol–water partition coefficient (Wildman–Crippen LogP) is 0.686. The Labute approximate surface area is 63.4 Å². The van der Waals surface area contributed by atoms with Crippen molar-refractivity contribution in [3.8, 4) is 5.88 Å². The fourth-order valence-corrected chi connectivity index (χ4v) is 1.29. The third-order valence-corrected chi connectivity index (χ3v) is 1.93. The molecule has 0 saturated carbocycles. The Morgan fingerprint density at radius 1 is 1.80 bits per heavy atom. The van der Waals surface area contributed by atoms with E-state index in [1.807, 2.05) is 6.07 Å². The van der Waals surface area contributed by atoms with Gasteiger partial charge in [0.25, 0.3) is 0 Å². The molecule has 0 radical (unpaired) electrons. The fraction of sp³-hybridized carbons (Fsp3) is 0.500. The molecule has 0 aliphatic rings. The van der Waals surface area contributed by atoms with Gasteiger partial charge in [-0.15, -0.1) is 0 Å². The number of aromatic nitrogens is 1. The minimum Gasteiger partial charge on any atom is -0.480 e. The third kappa shape index (κ3) is 1.68. The highest BCUT2D eigenvalue weighted by Gasteiger charge is 1.98. The van der Waals surface area contributed by atoms with Crippen LogP contribution in [0, 0.1) is 0 Å². The van der Waals surface area contributed by atoms with Crippen molar-refractivity contribution in [2.45, 2.75) is 6.42 Å². The van der Waals surface area contributed by atoms with Gasteiger partial charge in [0.1, 0.15) is 0 Å². The summed E-state index contributed by atoms with van der Waals surface area (Å²) in [5.74, 6) is 0.633. The van der Waals surface area contributed by atoms with Gasteiger partial charge in [0.2, 0.25) is 5.88 Å². The van der Waals surface area contributed by atoms with Crippen molar-refractivity contribution in [2.75, 3.05) is 13.7 Å². The third-order valence-electron chi connectivity index (χ3n) is 1.10. The van der Waals surface area contributed by atoms with Crippen LogP contribution in [-0.4, -0.2) is 23.2 Å². The number of aliphatic hydroxyl groups excluding tert-OH is 1. The van der Waals surface area contributed by atoms with Gasteiger partial charge in [0, 0.05) is 24.0 Å². The van der Waals surface area contributed by atoms with Crippen LogP contribution < -0.4 is 4.74 Å². The maximum Gasteiger partial charge on any atom is 0.225 e. The van der Waals surface area contributed by atoms with Crippen LogP contribution in [0.5, 0.6) is 5.88 Å². The predicted molar refractivity (Wildman–Crippen MR) is 39.5 cm³/mol. The van der Waals surface area contributed by atoms with Gasteiger partial charge in [0.15, 0.2) is 0 Å². The number of rotatable bonds is 3. The molecule has 0 aliphatic heterocycles. The Hall–Kier alpha value is -0.610. The minimum atomic E-state index is 0.172. The zero-order chi connectivity index (χ0) is 7.40. The molecule has 0 fully saturated rings. The molecule has 10 heavy (non-hydrogen) atoms. The topological polar surface area (TPSA) is 42.4 Å². The summed E-state index contributed by atoms with van der Waals surface area (Å²) in [6.45, 7) is 0.172. The lowest BCUT2D eigenvalue weighted by Crippen LogP contribution is -1.85. The molecule has 0 aromatic carbocycles. The van der Waals surface area contributed by atoms with E-state index in [-0.39, 0.29) is 6.61 Å². The Morgan fingerprint density at radius 3 is 3.10 bits per heavy atom. The number of nitrogens with zero attached hydrogens (tertiary/aromatic N) is 1. The maximum atomic E-state index is 8.54. The highest BCUT2D eigenvalue weighted by molar-refractivity contribution is 7.05. The highest BCUT2D eigenvalue weighted by Crippen LogP contribution is 2.15. The smallest absolute Gasteiger partial charge is 0.225 e. The lowest BCUT2D eigenvalue weighted by molar-refractivity contribution is 0.300. The van der Waals surface area contributed by atoms with Crippen LogP contribution in [0.1, 0.15) is 4.88 Å². The quantitative estimate of drug-likeness (QED) is 0.705. The highest BCUT2D eigenvalue weighted by atomic mass is 32.1. The zero-order valence-electron chi connectivity index (χ0n) is 5.70. The molecular formula is C6H9NO2S. The minimum absolute atomic E-state index is 0.172. The van der Waals surface area contributed by atoms with E-state index < -0.39 is 0 Å². The summed E-state index contributed by atoms with van der Waals surface area (Å²) in [6, 6.07) is 1.83. The first-order chi connectivity index (χ1) is 4.86. The summed E-state index contributed by atoms with van der Waals surface area (Å²) in [5.41, 5.74) is 0. The summed E-state index contributed by atoms with van der Waals surface area (Å²) >= 11 is 1.36. The van der Waals surface area contributed by atoms with E-state index in [1.165, 1.54) is 11.5 Å². The van der Waals surface area contributed by atoms with Crippen LogP contribution in [0.2, 0.25) is 0 Å². The Kier molecular flexibility index (Phi) is 2.65. The van der Waals surface area contributed by atoms with E-state index >= 15 is 0 Å². The first kappa shape index (κ1) is 7.50. The zero-order valence-corrected chi connectivity index (χ0v) is 6.52. The molecule has 1 rings (SSSR count). The standard InChI is InChI=1S/C6H9NO2S/c1-9-6-4-5(2-3-8)10-7-6/h4,8H,2-3H2,1H3. The van der Waals surface area contributed by atoms with E-state index in [1.54, 1.807) is 7.11 Å². The molecule has 3 nitrogen and oxygen atoms in total. The van der Waals surface area contributed by atoms with Gasteiger partial charge in [-0.3, -0.25) is 0 Å². The van der Waals surface area contributed by atoms with Crippen LogP contribution in [0.25, 0.3) is 0 Å². The molecule has 1 aromatic heterocycles. The summed E-state index contributed by atoms with van der Waals surface area (Å²) in [6.07, 6.45) is 0.668. The monoisotopic (exact) mass is 159 g/mol. The van der Waals surface area contributed by atoms with Crippen molar-refractivity contribution in [2.24, 2.45) is 0 Å². The molecule has 0 bridgehead atoms. The van der Waals surface area contributed by atoms with E-state index in [0.717, 1.165) is 4.88 Å². The van der Waals surface area contributed by atoms with Gasteiger partial charge in [-0.1, -0.05) is 0 Å². The second kappa shape index (κ2) is 3.53. The molecule has 0 unspecified atom stereocenters. The van der Waals surface area contributed by atoms with Crippen molar-refractivity contribution in [1.82, 2.24) is 4.37 Å². The van der Waals surface area contributed by atoms with Gasteiger partial charge in [-0.2, -0.15) is 4.37 Å². The molecule has 0 saturated heterocycles. The number of hydrogen-bond acceptors (Lipinski definition) is 4. The Balaban J connectivity index is 2.59. The molecule has 0 amide bonds. The van der Waals surface area contributed by atoms with Crippen molar-refractivity contribution < 1.29 is 9.84 Å². The second-order valence-corrected chi connectivity index (χ2v) is 2.70. The molecule has 4 heteroatoms. The molecule has 0 atom stereocenters. The Morgan fingerprint density at radius 2 is 2.60 bits per heavy atom. The average Bonchev–Trinajstić information content (AvgIpc) is 2.37. The van der Waals surface area contributed by atoms with Crippen LogP contribution in [0.3, 0.4) is 0 Å². The molecule has 1 N–H and O–H groups in total. The molecule has 56 valence electrons. The summed E-state index contributed by atoms with van der Waals surface area (Å²) < 4.78 is 8.82. The number of methoxy groups -OCH3 is 1. The average molecular weight is 159 g/mol. The summed E-state index contributed by atoms with van der Waals surface area (Å²) in [4.78, 5) is 1.05. The molecular weight excluding hydrogens is 150 g/mol. The molecule has 0 spiro atoms. The lowest BCUT2D eigenvalue weighted by atomic mass is 10.4. The Bertz CT molecular complexity index is 199. The maximum absolute atomic E-state index is 8.54. The van der Waals surface area contributed by atoms with E-state index in [9.17, 15) is 0 Å². The van der Waals surface area contributed by atoms with Crippen LogP contribution >= 0.6 is 11.5 Å². The largest absolute Gasteiger partial charge is 0.480 e. The summed E-state index contributed by atoms with van der Waals surface area (Å²) in [7, 11) is 1.58. The van der Waals surface area contributed by atoms with Gasteiger partial charge < -0.3 is 9.84 Å². The van der Waals surface area contributed by atoms with Gasteiger partial charge in [-0.05, 0) is 11.5 Å². The van der Waals surface area contributed by atoms with Crippen LogP contribution in [0.15, 0.2) is 6.07 Å². The van der Waals surface area contributed by atoms with Crippen molar-refractivity contribution in [3.05, 3.63) is 10.9 Å². The fourth-order valence-electron chi connectivity index (χ4n) is 0.618.